The number of aryl methyl sites for hydroxylation is 1. The van der Waals surface area contributed by atoms with Crippen molar-refractivity contribution in [3.63, 3.8) is 0 Å². The number of hydrogen-bond acceptors (Lipinski definition) is 7. The Morgan fingerprint density at radius 2 is 1.94 bits per heavy atom. The van der Waals surface area contributed by atoms with Crippen LogP contribution >= 0.6 is 0 Å². The van der Waals surface area contributed by atoms with Gasteiger partial charge in [0.15, 0.2) is 0 Å². The van der Waals surface area contributed by atoms with Crippen LogP contribution < -0.4 is 10.6 Å². The van der Waals surface area contributed by atoms with Crippen LogP contribution in [0.25, 0.3) is 11.3 Å². The Morgan fingerprint density at radius 3 is 2.69 bits per heavy atom. The average molecular weight is 480 g/mol. The molecule has 1 fully saturated rings. The minimum Gasteiger partial charge on any atom is -0.323 e. The number of carbonyl (C=O) groups excluding carboxylic acids is 1. The van der Waals surface area contributed by atoms with Crippen LogP contribution in [0.3, 0.4) is 0 Å². The fourth-order valence-corrected chi connectivity index (χ4v) is 4.43. The lowest BCUT2D eigenvalue weighted by Gasteiger charge is -2.14. The molecule has 4 aromatic rings. The van der Waals surface area contributed by atoms with E-state index in [2.05, 4.69) is 54.5 Å². The Kier molecular flexibility index (Phi) is 6.95. The number of hydrogen-bond donors (Lipinski definition) is 2. The Labute approximate surface area is 210 Å². The SMILES string of the molecule is CCN1CCC(c2ccc(NC(=O)c3cnc(C)c(Nc4nccc(-c5cccnc5)n4)c3)cc2)C1. The van der Waals surface area contributed by atoms with Crippen LogP contribution in [0.1, 0.15) is 40.9 Å². The predicted molar refractivity (Wildman–Crippen MR) is 141 cm³/mol. The molecule has 1 aromatic carbocycles. The minimum atomic E-state index is -0.221. The fourth-order valence-electron chi connectivity index (χ4n) is 4.43. The van der Waals surface area contributed by atoms with Gasteiger partial charge in [0.25, 0.3) is 5.91 Å². The average Bonchev–Trinajstić information content (AvgIpc) is 3.40. The van der Waals surface area contributed by atoms with Gasteiger partial charge in [-0.25, -0.2) is 9.97 Å². The minimum absolute atomic E-state index is 0.221. The first-order chi connectivity index (χ1) is 17.6. The third kappa shape index (κ3) is 5.39. The second-order valence-electron chi connectivity index (χ2n) is 8.94. The van der Waals surface area contributed by atoms with Gasteiger partial charge in [0.05, 0.1) is 22.6 Å². The molecule has 3 aromatic heterocycles. The molecule has 0 spiro atoms. The first-order valence-corrected chi connectivity index (χ1v) is 12.2. The van der Waals surface area contributed by atoms with Crippen molar-refractivity contribution >= 4 is 23.2 Å². The van der Waals surface area contributed by atoms with Gasteiger partial charge in [0.1, 0.15) is 0 Å². The van der Waals surface area contributed by atoms with Crippen LogP contribution in [-0.4, -0.2) is 50.4 Å². The molecule has 1 aliphatic rings. The summed E-state index contributed by atoms with van der Waals surface area (Å²) in [5.41, 5.74) is 5.59. The lowest BCUT2D eigenvalue weighted by atomic mass is 9.98. The van der Waals surface area contributed by atoms with Gasteiger partial charge in [-0.3, -0.25) is 14.8 Å². The number of aromatic nitrogens is 4. The van der Waals surface area contributed by atoms with Crippen molar-refractivity contribution in [3.05, 3.63) is 90.1 Å². The summed E-state index contributed by atoms with van der Waals surface area (Å²) >= 11 is 0. The zero-order chi connectivity index (χ0) is 24.9. The van der Waals surface area contributed by atoms with Gasteiger partial charge >= 0.3 is 0 Å². The molecule has 8 nitrogen and oxygen atoms in total. The number of likely N-dealkylation sites (tertiary alicyclic amines) is 1. The zero-order valence-electron chi connectivity index (χ0n) is 20.5. The highest BCUT2D eigenvalue weighted by Gasteiger charge is 2.22. The third-order valence-corrected chi connectivity index (χ3v) is 6.57. The van der Waals surface area contributed by atoms with Gasteiger partial charge in [-0.05, 0) is 74.3 Å². The summed E-state index contributed by atoms with van der Waals surface area (Å²) < 4.78 is 0. The quantitative estimate of drug-likeness (QED) is 0.383. The van der Waals surface area contributed by atoms with Gasteiger partial charge in [0.2, 0.25) is 5.95 Å². The van der Waals surface area contributed by atoms with E-state index in [1.165, 1.54) is 12.0 Å². The predicted octanol–water partition coefficient (Wildman–Crippen LogP) is 5.05. The van der Waals surface area contributed by atoms with Crippen molar-refractivity contribution in [3.8, 4) is 11.3 Å². The first-order valence-electron chi connectivity index (χ1n) is 12.2. The zero-order valence-corrected chi connectivity index (χ0v) is 20.5. The Bertz CT molecular complexity index is 1340. The molecule has 8 heteroatoms. The maximum absolute atomic E-state index is 13.0. The molecule has 0 saturated carbocycles. The van der Waals surface area contributed by atoms with Crippen LogP contribution in [0, 0.1) is 6.92 Å². The Morgan fingerprint density at radius 1 is 1.08 bits per heavy atom. The molecular formula is C28H29N7O. The monoisotopic (exact) mass is 479 g/mol. The van der Waals surface area contributed by atoms with E-state index < -0.39 is 0 Å². The number of pyridine rings is 2. The number of amides is 1. The smallest absolute Gasteiger partial charge is 0.257 e. The van der Waals surface area contributed by atoms with Crippen molar-refractivity contribution in [2.45, 2.75) is 26.2 Å². The normalized spacial score (nSPS) is 15.6. The topological polar surface area (TPSA) is 95.9 Å². The van der Waals surface area contributed by atoms with E-state index in [1.54, 1.807) is 30.9 Å². The number of rotatable bonds is 7. The molecule has 1 atom stereocenters. The van der Waals surface area contributed by atoms with Gasteiger partial charge < -0.3 is 15.5 Å². The molecule has 36 heavy (non-hydrogen) atoms. The first kappa shape index (κ1) is 23.6. The van der Waals surface area contributed by atoms with E-state index in [-0.39, 0.29) is 5.91 Å². The maximum atomic E-state index is 13.0. The van der Waals surface area contributed by atoms with Crippen LogP contribution in [0.5, 0.6) is 0 Å². The van der Waals surface area contributed by atoms with E-state index in [4.69, 9.17) is 0 Å². The Hall–Kier alpha value is -4.17. The molecule has 1 amide bonds. The lowest BCUT2D eigenvalue weighted by molar-refractivity contribution is 0.102. The molecule has 0 radical (unpaired) electrons. The highest BCUT2D eigenvalue weighted by Crippen LogP contribution is 2.28. The summed E-state index contributed by atoms with van der Waals surface area (Å²) in [6.07, 6.45) is 7.92. The number of nitrogens with one attached hydrogen (secondary N) is 2. The van der Waals surface area contributed by atoms with Crippen LogP contribution in [0.4, 0.5) is 17.3 Å². The van der Waals surface area contributed by atoms with Crippen LogP contribution in [0.2, 0.25) is 0 Å². The molecular weight excluding hydrogens is 450 g/mol. The summed E-state index contributed by atoms with van der Waals surface area (Å²) in [6, 6.07) is 15.6. The standard InChI is InChI=1S/C28H29N7O/c1-3-35-14-11-22(18-35)20-6-8-24(9-7-20)32-27(36)23-15-26(19(2)31-17-23)34-28-30-13-10-25(33-28)21-5-4-12-29-16-21/h4-10,12-13,15-17,22H,3,11,14,18H2,1-2H3,(H,32,36)(H,30,33,34). The summed E-state index contributed by atoms with van der Waals surface area (Å²) in [6.45, 7) is 7.41. The number of carbonyl (C=O) groups is 1. The van der Waals surface area contributed by atoms with E-state index in [0.29, 0.717) is 23.1 Å². The maximum Gasteiger partial charge on any atom is 0.257 e. The van der Waals surface area contributed by atoms with Crippen molar-refractivity contribution in [2.75, 3.05) is 30.3 Å². The molecule has 0 aliphatic carbocycles. The molecule has 1 aliphatic heterocycles. The van der Waals surface area contributed by atoms with Gasteiger partial charge in [-0.1, -0.05) is 19.1 Å². The molecule has 0 bridgehead atoms. The molecule has 4 heterocycles. The molecule has 182 valence electrons. The second kappa shape index (κ2) is 10.6. The summed E-state index contributed by atoms with van der Waals surface area (Å²) in [5, 5.41) is 6.18. The largest absolute Gasteiger partial charge is 0.323 e. The van der Waals surface area contributed by atoms with Gasteiger partial charge in [0, 0.05) is 42.6 Å². The molecule has 1 saturated heterocycles. The number of anilines is 3. The second-order valence-corrected chi connectivity index (χ2v) is 8.94. The lowest BCUT2D eigenvalue weighted by Crippen LogP contribution is -2.19. The highest BCUT2D eigenvalue weighted by atomic mass is 16.1. The molecule has 1 unspecified atom stereocenters. The van der Waals surface area contributed by atoms with E-state index in [0.717, 1.165) is 42.3 Å². The third-order valence-electron chi connectivity index (χ3n) is 6.57. The highest BCUT2D eigenvalue weighted by molar-refractivity contribution is 6.04. The van der Waals surface area contributed by atoms with E-state index >= 15 is 0 Å². The van der Waals surface area contributed by atoms with Crippen molar-refractivity contribution in [2.24, 2.45) is 0 Å². The van der Waals surface area contributed by atoms with Crippen LogP contribution in [0.15, 0.2) is 73.3 Å². The van der Waals surface area contributed by atoms with Crippen molar-refractivity contribution in [1.29, 1.82) is 0 Å². The summed E-state index contributed by atoms with van der Waals surface area (Å²) in [4.78, 5) is 32.9. The van der Waals surface area contributed by atoms with Crippen molar-refractivity contribution < 1.29 is 4.79 Å². The van der Waals surface area contributed by atoms with E-state index in [9.17, 15) is 4.79 Å². The van der Waals surface area contributed by atoms with Gasteiger partial charge in [-0.2, -0.15) is 0 Å². The van der Waals surface area contributed by atoms with Gasteiger partial charge in [-0.15, -0.1) is 0 Å². The van der Waals surface area contributed by atoms with Crippen molar-refractivity contribution in [1.82, 2.24) is 24.8 Å². The number of benzene rings is 1. The Balaban J connectivity index is 1.27. The number of nitrogens with zero attached hydrogens (tertiary/aromatic N) is 5. The van der Waals surface area contributed by atoms with E-state index in [1.807, 2.05) is 37.3 Å². The molecule has 5 rings (SSSR count). The summed E-state index contributed by atoms with van der Waals surface area (Å²) in [5.74, 6) is 0.757. The number of likely N-dealkylation sites (N-methyl/N-ethyl adjacent to an activating group) is 1. The molecule has 2 N–H and O–H groups in total. The summed E-state index contributed by atoms with van der Waals surface area (Å²) in [7, 11) is 0. The van der Waals surface area contributed by atoms with Crippen LogP contribution in [-0.2, 0) is 0 Å². The fraction of sp³-hybridized carbons (Fsp3) is 0.250.